The first-order chi connectivity index (χ1) is 12.7. The van der Waals surface area contributed by atoms with Crippen LogP contribution in [0.2, 0.25) is 0 Å². The Morgan fingerprint density at radius 2 is 1.78 bits per heavy atom. The summed E-state index contributed by atoms with van der Waals surface area (Å²) in [5, 5.41) is 3.29. The van der Waals surface area contributed by atoms with Crippen LogP contribution >= 0.6 is 0 Å². The fourth-order valence-electron chi connectivity index (χ4n) is 2.78. The van der Waals surface area contributed by atoms with Gasteiger partial charge in [0, 0.05) is 22.3 Å². The molecule has 4 nitrogen and oxygen atoms in total. The van der Waals surface area contributed by atoms with Crippen LogP contribution in [0.5, 0.6) is 0 Å². The van der Waals surface area contributed by atoms with E-state index in [-0.39, 0.29) is 11.5 Å². The van der Waals surface area contributed by atoms with Crippen LogP contribution in [0.1, 0.15) is 11.1 Å². The Labute approximate surface area is 152 Å². The Hall–Kier alpha value is -3.35. The number of halogens is 3. The third-order valence-electron chi connectivity index (χ3n) is 4.09. The fraction of sp³-hybridized carbons (Fsp3) is 0.100. The molecule has 0 fully saturated rings. The fourth-order valence-corrected chi connectivity index (χ4v) is 2.78. The van der Waals surface area contributed by atoms with Crippen molar-refractivity contribution < 1.29 is 18.0 Å². The molecule has 27 heavy (non-hydrogen) atoms. The molecule has 1 heterocycles. The average molecular weight is 372 g/mol. The van der Waals surface area contributed by atoms with Crippen molar-refractivity contribution in [1.29, 1.82) is 0 Å². The predicted molar refractivity (Wildman–Crippen MR) is 98.1 cm³/mol. The molecule has 0 saturated carbocycles. The molecule has 0 atom stereocenters. The van der Waals surface area contributed by atoms with Crippen molar-refractivity contribution in [2.75, 3.05) is 5.32 Å². The van der Waals surface area contributed by atoms with Gasteiger partial charge in [-0.3, -0.25) is 14.2 Å². The third kappa shape index (κ3) is 3.62. The summed E-state index contributed by atoms with van der Waals surface area (Å²) in [6.07, 6.45) is -3.31. The number of carbonyl (C=O) groups is 1. The second-order valence-corrected chi connectivity index (χ2v) is 5.98. The Bertz CT molecular complexity index is 1100. The second-order valence-electron chi connectivity index (χ2n) is 5.98. The number of benzene rings is 2. The number of alkyl halides is 3. The number of rotatable bonds is 3. The number of pyridine rings is 1. The van der Waals surface area contributed by atoms with Crippen molar-refractivity contribution >= 4 is 22.5 Å². The van der Waals surface area contributed by atoms with Crippen LogP contribution in [-0.2, 0) is 11.0 Å². The van der Waals surface area contributed by atoms with Gasteiger partial charge in [0.05, 0.1) is 11.1 Å². The van der Waals surface area contributed by atoms with E-state index in [4.69, 9.17) is 0 Å². The zero-order valence-electron chi connectivity index (χ0n) is 14.3. The molecule has 3 aromatic rings. The molecule has 0 spiro atoms. The maximum atomic E-state index is 12.8. The first kappa shape index (κ1) is 18.4. The van der Waals surface area contributed by atoms with Crippen LogP contribution in [0, 0.1) is 6.92 Å². The smallest absolute Gasteiger partial charge is 0.323 e. The standard InChI is InChI=1S/C20H15F3N2O2/c1-3-18(26)24-15-6-9-17-13(11-15)10-12(2)19(27)25(17)16-7-4-14(5-8-16)20(21,22)23/h3-11H,1H2,2H3,(H,24,26). The highest BCUT2D eigenvalue weighted by atomic mass is 19.4. The van der Waals surface area contributed by atoms with E-state index in [1.165, 1.54) is 16.7 Å². The zero-order valence-corrected chi connectivity index (χ0v) is 14.3. The number of carbonyl (C=O) groups excluding carboxylic acids is 1. The summed E-state index contributed by atoms with van der Waals surface area (Å²) in [6.45, 7) is 5.01. The third-order valence-corrected chi connectivity index (χ3v) is 4.09. The molecule has 0 bridgehead atoms. The topological polar surface area (TPSA) is 51.1 Å². The lowest BCUT2D eigenvalue weighted by Gasteiger charge is -2.14. The van der Waals surface area contributed by atoms with E-state index >= 15 is 0 Å². The minimum absolute atomic E-state index is 0.324. The van der Waals surface area contributed by atoms with Gasteiger partial charge in [-0.1, -0.05) is 6.58 Å². The molecular weight excluding hydrogens is 357 g/mol. The maximum Gasteiger partial charge on any atom is 0.416 e. The number of hydrogen-bond acceptors (Lipinski definition) is 2. The molecule has 0 aliphatic rings. The monoisotopic (exact) mass is 372 g/mol. The van der Waals surface area contributed by atoms with Crippen LogP contribution in [0.25, 0.3) is 16.6 Å². The number of amides is 1. The Morgan fingerprint density at radius 3 is 2.37 bits per heavy atom. The van der Waals surface area contributed by atoms with Crippen LogP contribution in [0.3, 0.4) is 0 Å². The number of anilines is 1. The summed E-state index contributed by atoms with van der Waals surface area (Å²) in [7, 11) is 0. The van der Waals surface area contributed by atoms with E-state index in [2.05, 4.69) is 11.9 Å². The summed E-state index contributed by atoms with van der Waals surface area (Å²) in [5.74, 6) is -0.373. The largest absolute Gasteiger partial charge is 0.416 e. The molecule has 0 unspecified atom stereocenters. The number of nitrogens with zero attached hydrogens (tertiary/aromatic N) is 1. The summed E-state index contributed by atoms with van der Waals surface area (Å²) in [4.78, 5) is 24.1. The van der Waals surface area contributed by atoms with Gasteiger partial charge in [-0.05, 0) is 61.5 Å². The van der Waals surface area contributed by atoms with Crippen LogP contribution < -0.4 is 10.9 Å². The van der Waals surface area contributed by atoms with Crippen molar-refractivity contribution in [3.05, 3.63) is 82.7 Å². The first-order valence-electron chi connectivity index (χ1n) is 7.98. The van der Waals surface area contributed by atoms with E-state index < -0.39 is 11.7 Å². The summed E-state index contributed by atoms with van der Waals surface area (Å²) >= 11 is 0. The van der Waals surface area contributed by atoms with E-state index in [1.54, 1.807) is 31.2 Å². The van der Waals surface area contributed by atoms with Gasteiger partial charge in [0.25, 0.3) is 5.56 Å². The van der Waals surface area contributed by atoms with Crippen molar-refractivity contribution in [2.24, 2.45) is 0 Å². The van der Waals surface area contributed by atoms with E-state index in [9.17, 15) is 22.8 Å². The zero-order chi connectivity index (χ0) is 19.8. The van der Waals surface area contributed by atoms with Gasteiger partial charge in [-0.25, -0.2) is 0 Å². The molecule has 1 amide bonds. The highest BCUT2D eigenvalue weighted by Gasteiger charge is 2.30. The second kappa shape index (κ2) is 6.75. The van der Waals surface area contributed by atoms with E-state index in [0.29, 0.717) is 27.8 Å². The lowest BCUT2D eigenvalue weighted by Crippen LogP contribution is -2.21. The molecule has 138 valence electrons. The van der Waals surface area contributed by atoms with Gasteiger partial charge in [-0.2, -0.15) is 13.2 Å². The Morgan fingerprint density at radius 1 is 1.11 bits per heavy atom. The normalized spacial score (nSPS) is 11.4. The molecule has 2 aromatic carbocycles. The van der Waals surface area contributed by atoms with Crippen LogP contribution in [0.15, 0.2) is 66.0 Å². The maximum absolute atomic E-state index is 12.8. The van der Waals surface area contributed by atoms with Gasteiger partial charge < -0.3 is 5.32 Å². The van der Waals surface area contributed by atoms with Gasteiger partial charge in [0.2, 0.25) is 5.91 Å². The Kier molecular flexibility index (Phi) is 4.61. The van der Waals surface area contributed by atoms with Gasteiger partial charge >= 0.3 is 6.18 Å². The number of fused-ring (bicyclic) bond motifs is 1. The number of aromatic nitrogens is 1. The quantitative estimate of drug-likeness (QED) is 0.691. The highest BCUT2D eigenvalue weighted by Crippen LogP contribution is 2.30. The van der Waals surface area contributed by atoms with Crippen molar-refractivity contribution in [2.45, 2.75) is 13.1 Å². The van der Waals surface area contributed by atoms with E-state index in [1.807, 2.05) is 0 Å². The predicted octanol–water partition coefficient (Wildman–Crippen LogP) is 4.44. The van der Waals surface area contributed by atoms with Gasteiger partial charge in [-0.15, -0.1) is 0 Å². The molecule has 0 radical (unpaired) electrons. The van der Waals surface area contributed by atoms with Crippen LogP contribution in [-0.4, -0.2) is 10.5 Å². The summed E-state index contributed by atoms with van der Waals surface area (Å²) < 4.78 is 39.7. The number of aryl methyl sites for hydroxylation is 1. The van der Waals surface area contributed by atoms with Gasteiger partial charge in [0.15, 0.2) is 0 Å². The molecule has 0 aliphatic carbocycles. The summed E-state index contributed by atoms with van der Waals surface area (Å²) in [5.41, 5.74) is 0.668. The highest BCUT2D eigenvalue weighted by molar-refractivity contribution is 6.00. The minimum Gasteiger partial charge on any atom is -0.323 e. The average Bonchev–Trinajstić information content (AvgIpc) is 2.62. The molecule has 1 aromatic heterocycles. The molecule has 0 saturated heterocycles. The van der Waals surface area contributed by atoms with Crippen LogP contribution in [0.4, 0.5) is 18.9 Å². The first-order valence-corrected chi connectivity index (χ1v) is 7.98. The van der Waals surface area contributed by atoms with Crippen molar-refractivity contribution in [3.63, 3.8) is 0 Å². The lowest BCUT2D eigenvalue weighted by atomic mass is 10.1. The molecule has 1 N–H and O–H groups in total. The molecule has 0 aliphatic heterocycles. The van der Waals surface area contributed by atoms with Gasteiger partial charge in [0.1, 0.15) is 0 Å². The number of nitrogens with one attached hydrogen (secondary N) is 1. The minimum atomic E-state index is -4.45. The Balaban J connectivity index is 2.17. The van der Waals surface area contributed by atoms with E-state index in [0.717, 1.165) is 18.2 Å². The van der Waals surface area contributed by atoms with Crippen molar-refractivity contribution in [1.82, 2.24) is 4.57 Å². The SMILES string of the molecule is C=CC(=O)Nc1ccc2c(c1)cc(C)c(=O)n2-c1ccc(C(F)(F)F)cc1. The molecule has 3 rings (SSSR count). The molecular formula is C20H15F3N2O2. The molecule has 7 heteroatoms. The van der Waals surface area contributed by atoms with Crippen molar-refractivity contribution in [3.8, 4) is 5.69 Å². The lowest BCUT2D eigenvalue weighted by molar-refractivity contribution is -0.137. The number of hydrogen-bond donors (Lipinski definition) is 1. The summed E-state index contributed by atoms with van der Waals surface area (Å²) in [6, 6.07) is 11.0.